The summed E-state index contributed by atoms with van der Waals surface area (Å²) in [4.78, 5) is 10.7. The maximum atomic E-state index is 12.4. The van der Waals surface area contributed by atoms with E-state index in [4.69, 9.17) is 4.74 Å². The van der Waals surface area contributed by atoms with E-state index in [9.17, 15) is 13.2 Å². The minimum Gasteiger partial charge on any atom is -0.423 e. The minimum absolute atomic E-state index is 0.240. The second-order valence-corrected chi connectivity index (χ2v) is 4.08. The molecule has 0 aliphatic rings. The lowest BCUT2D eigenvalue weighted by atomic mass is 10.4. The molecule has 0 bridgehead atoms. The number of hydrogen-bond donors (Lipinski definition) is 0. The van der Waals surface area contributed by atoms with Crippen LogP contribution in [-0.2, 0) is 6.18 Å². The predicted molar refractivity (Wildman–Crippen MR) is 59.0 cm³/mol. The van der Waals surface area contributed by atoms with E-state index < -0.39 is 11.9 Å². The molecule has 2 aromatic rings. The largest absolute Gasteiger partial charge is 0.433 e. The van der Waals surface area contributed by atoms with Crippen molar-refractivity contribution in [1.29, 1.82) is 0 Å². The molecular weight excluding hydrogens is 315 g/mol. The van der Waals surface area contributed by atoms with E-state index in [1.165, 1.54) is 18.5 Å². The standard InChI is InChI=1S/C10H5BrF3N3O/c11-6-3-7(5-15-4-6)18-9-16-2-1-8(17-9)10(12,13)14/h1-5H. The Hall–Kier alpha value is -1.70. The van der Waals surface area contributed by atoms with Gasteiger partial charge >= 0.3 is 12.2 Å². The summed E-state index contributed by atoms with van der Waals surface area (Å²) in [6.45, 7) is 0. The summed E-state index contributed by atoms with van der Waals surface area (Å²) in [7, 11) is 0. The summed E-state index contributed by atoms with van der Waals surface area (Å²) in [6, 6.07) is 1.92. The van der Waals surface area contributed by atoms with E-state index in [-0.39, 0.29) is 11.8 Å². The number of hydrogen-bond acceptors (Lipinski definition) is 4. The number of ether oxygens (including phenoxy) is 1. The van der Waals surface area contributed by atoms with Gasteiger partial charge in [0.1, 0.15) is 0 Å². The summed E-state index contributed by atoms with van der Waals surface area (Å²) in [5, 5.41) is 0. The first kappa shape index (κ1) is 12.7. The van der Waals surface area contributed by atoms with Crippen LogP contribution in [0.25, 0.3) is 0 Å². The maximum absolute atomic E-state index is 12.4. The van der Waals surface area contributed by atoms with E-state index in [2.05, 4.69) is 30.9 Å². The highest BCUT2D eigenvalue weighted by atomic mass is 79.9. The zero-order valence-electron chi connectivity index (χ0n) is 8.65. The first-order chi connectivity index (χ1) is 8.45. The van der Waals surface area contributed by atoms with Gasteiger partial charge < -0.3 is 4.74 Å². The van der Waals surface area contributed by atoms with Crippen molar-refractivity contribution >= 4 is 15.9 Å². The van der Waals surface area contributed by atoms with Crippen LogP contribution in [0.15, 0.2) is 35.2 Å². The highest BCUT2D eigenvalue weighted by molar-refractivity contribution is 9.10. The minimum atomic E-state index is -4.53. The smallest absolute Gasteiger partial charge is 0.423 e. The Bertz CT molecular complexity index is 562. The van der Waals surface area contributed by atoms with Gasteiger partial charge in [0.2, 0.25) is 0 Å². The van der Waals surface area contributed by atoms with E-state index in [0.717, 1.165) is 12.3 Å². The SMILES string of the molecule is FC(F)(F)c1ccnc(Oc2cncc(Br)c2)n1. The van der Waals surface area contributed by atoms with Gasteiger partial charge in [-0.15, -0.1) is 0 Å². The fraction of sp³-hybridized carbons (Fsp3) is 0.100. The van der Waals surface area contributed by atoms with Crippen molar-refractivity contribution in [3.05, 3.63) is 40.9 Å². The molecule has 0 fully saturated rings. The molecule has 0 aromatic carbocycles. The van der Waals surface area contributed by atoms with Gasteiger partial charge in [-0.1, -0.05) is 0 Å². The Morgan fingerprint density at radius 2 is 2.00 bits per heavy atom. The van der Waals surface area contributed by atoms with Crippen LogP contribution in [0.5, 0.6) is 11.8 Å². The van der Waals surface area contributed by atoms with Crippen molar-refractivity contribution in [2.24, 2.45) is 0 Å². The normalized spacial score (nSPS) is 11.3. The summed E-state index contributed by atoms with van der Waals surface area (Å²) in [6.07, 6.45) is -0.693. The molecule has 0 saturated carbocycles. The van der Waals surface area contributed by atoms with Gasteiger partial charge in [0.25, 0.3) is 0 Å². The molecule has 2 heterocycles. The van der Waals surface area contributed by atoms with Crippen molar-refractivity contribution in [2.45, 2.75) is 6.18 Å². The molecule has 18 heavy (non-hydrogen) atoms. The van der Waals surface area contributed by atoms with Crippen LogP contribution in [0.2, 0.25) is 0 Å². The van der Waals surface area contributed by atoms with Gasteiger partial charge in [-0.05, 0) is 28.1 Å². The van der Waals surface area contributed by atoms with Crippen molar-refractivity contribution < 1.29 is 17.9 Å². The molecule has 4 nitrogen and oxygen atoms in total. The number of aromatic nitrogens is 3. The Kier molecular flexibility index (Phi) is 3.46. The maximum Gasteiger partial charge on any atom is 0.433 e. The van der Waals surface area contributed by atoms with Crippen LogP contribution in [0.1, 0.15) is 5.69 Å². The van der Waals surface area contributed by atoms with Gasteiger partial charge in [0, 0.05) is 16.9 Å². The van der Waals surface area contributed by atoms with Gasteiger partial charge in [0.05, 0.1) is 6.20 Å². The number of pyridine rings is 1. The molecule has 0 atom stereocenters. The third kappa shape index (κ3) is 3.16. The molecule has 2 rings (SSSR count). The predicted octanol–water partition coefficient (Wildman–Crippen LogP) is 3.45. The zero-order chi connectivity index (χ0) is 13.2. The molecule has 0 aliphatic carbocycles. The Morgan fingerprint density at radius 3 is 2.67 bits per heavy atom. The number of rotatable bonds is 2. The van der Waals surface area contributed by atoms with Crippen LogP contribution >= 0.6 is 15.9 Å². The molecule has 0 spiro atoms. The molecule has 0 radical (unpaired) electrons. The molecular formula is C10H5BrF3N3O. The molecule has 94 valence electrons. The Balaban J connectivity index is 2.25. The van der Waals surface area contributed by atoms with Gasteiger partial charge in [-0.3, -0.25) is 4.98 Å². The Labute approximate surface area is 108 Å². The van der Waals surface area contributed by atoms with Gasteiger partial charge in [-0.2, -0.15) is 18.2 Å². The summed E-state index contributed by atoms with van der Waals surface area (Å²) >= 11 is 3.16. The number of alkyl halides is 3. The molecule has 0 aliphatic heterocycles. The average molecular weight is 320 g/mol. The molecule has 2 aromatic heterocycles. The Morgan fingerprint density at radius 1 is 1.22 bits per heavy atom. The summed E-state index contributed by atoms with van der Waals surface area (Å²) in [5.74, 6) is 0.240. The van der Waals surface area contributed by atoms with Crippen molar-refractivity contribution in [3.8, 4) is 11.8 Å². The second-order valence-electron chi connectivity index (χ2n) is 3.16. The van der Waals surface area contributed by atoms with Gasteiger partial charge in [0.15, 0.2) is 11.4 Å². The molecule has 0 N–H and O–H groups in total. The van der Waals surface area contributed by atoms with E-state index in [1.807, 2.05) is 0 Å². The highest BCUT2D eigenvalue weighted by Gasteiger charge is 2.33. The summed E-state index contributed by atoms with van der Waals surface area (Å²) in [5.41, 5.74) is -1.06. The van der Waals surface area contributed by atoms with Crippen LogP contribution in [0.3, 0.4) is 0 Å². The number of nitrogens with zero attached hydrogens (tertiary/aromatic N) is 3. The third-order valence-electron chi connectivity index (χ3n) is 1.81. The molecule has 8 heteroatoms. The lowest BCUT2D eigenvalue weighted by Crippen LogP contribution is -2.08. The van der Waals surface area contributed by atoms with Crippen LogP contribution in [0.4, 0.5) is 13.2 Å². The topological polar surface area (TPSA) is 47.9 Å². The van der Waals surface area contributed by atoms with E-state index in [0.29, 0.717) is 4.47 Å². The fourth-order valence-corrected chi connectivity index (χ4v) is 1.45. The third-order valence-corrected chi connectivity index (χ3v) is 2.25. The monoisotopic (exact) mass is 319 g/mol. The average Bonchev–Trinajstić information content (AvgIpc) is 2.28. The zero-order valence-corrected chi connectivity index (χ0v) is 10.2. The number of halogens is 4. The first-order valence-electron chi connectivity index (χ1n) is 4.64. The van der Waals surface area contributed by atoms with Crippen molar-refractivity contribution in [3.63, 3.8) is 0 Å². The summed E-state index contributed by atoms with van der Waals surface area (Å²) < 4.78 is 42.9. The lowest BCUT2D eigenvalue weighted by Gasteiger charge is -2.07. The van der Waals surface area contributed by atoms with Crippen molar-refractivity contribution in [2.75, 3.05) is 0 Å². The highest BCUT2D eigenvalue weighted by Crippen LogP contribution is 2.29. The fourth-order valence-electron chi connectivity index (χ4n) is 1.10. The van der Waals surface area contributed by atoms with Crippen LogP contribution < -0.4 is 4.74 Å². The van der Waals surface area contributed by atoms with Crippen LogP contribution in [0, 0.1) is 0 Å². The quantitative estimate of drug-likeness (QED) is 0.850. The lowest BCUT2D eigenvalue weighted by molar-refractivity contribution is -0.141. The molecule has 0 amide bonds. The first-order valence-corrected chi connectivity index (χ1v) is 5.43. The van der Waals surface area contributed by atoms with Gasteiger partial charge in [-0.25, -0.2) is 4.98 Å². The molecule has 0 saturated heterocycles. The van der Waals surface area contributed by atoms with Crippen LogP contribution in [-0.4, -0.2) is 15.0 Å². The molecule has 0 unspecified atom stereocenters. The van der Waals surface area contributed by atoms with E-state index >= 15 is 0 Å². The van der Waals surface area contributed by atoms with E-state index in [1.54, 1.807) is 0 Å². The second kappa shape index (κ2) is 4.89. The van der Waals surface area contributed by atoms with Crippen molar-refractivity contribution in [1.82, 2.24) is 15.0 Å².